The number of piperazine rings is 1. The van der Waals surface area contributed by atoms with Gasteiger partial charge in [0, 0.05) is 63.4 Å². The van der Waals surface area contributed by atoms with Crippen LogP contribution in [0, 0.1) is 5.92 Å². The van der Waals surface area contributed by atoms with Crippen molar-refractivity contribution in [2.75, 3.05) is 37.6 Å². The lowest BCUT2D eigenvalue weighted by Crippen LogP contribution is -2.47. The molecule has 2 aromatic rings. The van der Waals surface area contributed by atoms with Gasteiger partial charge >= 0.3 is 0 Å². The normalized spacial score (nSPS) is 26.1. The molecule has 5 heteroatoms. The molecule has 0 radical (unpaired) electrons. The molecule has 144 valence electrons. The maximum Gasteiger partial charge on any atom is 0.0548 e. The van der Waals surface area contributed by atoms with E-state index in [4.69, 9.17) is 0 Å². The smallest absolute Gasteiger partial charge is 0.0548 e. The third-order valence-corrected chi connectivity index (χ3v) is 6.49. The van der Waals surface area contributed by atoms with Crippen molar-refractivity contribution in [3.05, 3.63) is 48.3 Å². The van der Waals surface area contributed by atoms with Gasteiger partial charge in [-0.3, -0.25) is 9.58 Å². The van der Waals surface area contributed by atoms with Crippen molar-refractivity contribution in [2.45, 2.75) is 44.3 Å². The van der Waals surface area contributed by atoms with Crippen LogP contribution in [0.25, 0.3) is 0 Å². The molecule has 1 saturated heterocycles. The zero-order chi connectivity index (χ0) is 18.1. The molecule has 0 amide bonds. The fraction of sp³-hybridized carbons (Fsp3) is 0.591. The minimum absolute atomic E-state index is 0.582. The van der Waals surface area contributed by atoms with E-state index in [2.05, 4.69) is 55.4 Å². The van der Waals surface area contributed by atoms with Crippen molar-refractivity contribution in [3.63, 3.8) is 0 Å². The predicted molar refractivity (Wildman–Crippen MR) is 109 cm³/mol. The van der Waals surface area contributed by atoms with Crippen molar-refractivity contribution in [2.24, 2.45) is 5.92 Å². The standard InChI is InChI=1S/C22H31N5/c1-8-24-27(9-1)22-14-20(15-22)23-16-18-4-6-21(7-5-18)26-12-10-25(11-13-26)17-19-2-3-19/h1,4-9,19-20,22-23H,2-3,10-17H2. The van der Waals surface area contributed by atoms with Crippen LogP contribution < -0.4 is 10.2 Å². The summed E-state index contributed by atoms with van der Waals surface area (Å²) >= 11 is 0. The third kappa shape index (κ3) is 4.19. The van der Waals surface area contributed by atoms with Gasteiger partial charge in [-0.2, -0.15) is 5.10 Å². The van der Waals surface area contributed by atoms with Crippen LogP contribution in [0.3, 0.4) is 0 Å². The van der Waals surface area contributed by atoms with E-state index in [-0.39, 0.29) is 0 Å². The first kappa shape index (κ1) is 17.3. The molecule has 1 aliphatic heterocycles. The quantitative estimate of drug-likeness (QED) is 0.819. The van der Waals surface area contributed by atoms with Crippen LogP contribution in [0.15, 0.2) is 42.7 Å². The molecule has 3 aliphatic rings. The van der Waals surface area contributed by atoms with Gasteiger partial charge in [0.05, 0.1) is 6.04 Å². The van der Waals surface area contributed by atoms with Crippen LogP contribution in [0.5, 0.6) is 0 Å². The largest absolute Gasteiger partial charge is 0.369 e. The Morgan fingerprint density at radius 3 is 2.44 bits per heavy atom. The van der Waals surface area contributed by atoms with Crippen LogP contribution in [-0.2, 0) is 6.54 Å². The summed E-state index contributed by atoms with van der Waals surface area (Å²) in [5, 5.41) is 8.04. The van der Waals surface area contributed by atoms with E-state index < -0.39 is 0 Å². The first-order valence-corrected chi connectivity index (χ1v) is 10.6. The molecule has 0 atom stereocenters. The van der Waals surface area contributed by atoms with Crippen LogP contribution >= 0.6 is 0 Å². The maximum absolute atomic E-state index is 4.35. The molecule has 1 aromatic carbocycles. The van der Waals surface area contributed by atoms with Crippen LogP contribution in [0.1, 0.15) is 37.3 Å². The molecule has 2 heterocycles. The zero-order valence-electron chi connectivity index (χ0n) is 16.1. The molecular weight excluding hydrogens is 334 g/mol. The molecule has 2 aliphatic carbocycles. The van der Waals surface area contributed by atoms with Crippen LogP contribution in [0.2, 0.25) is 0 Å². The minimum Gasteiger partial charge on any atom is -0.369 e. The van der Waals surface area contributed by atoms with Crippen molar-refractivity contribution in [1.29, 1.82) is 0 Å². The summed E-state index contributed by atoms with van der Waals surface area (Å²) < 4.78 is 2.09. The SMILES string of the molecule is c1cnn(C2CC(NCc3ccc(N4CCN(CC5CC5)CC4)cc3)C2)c1. The van der Waals surface area contributed by atoms with E-state index in [0.717, 1.165) is 12.5 Å². The van der Waals surface area contributed by atoms with Crippen LogP contribution in [0.4, 0.5) is 5.69 Å². The molecule has 5 rings (SSSR count). The second-order valence-electron chi connectivity index (χ2n) is 8.59. The molecule has 2 saturated carbocycles. The van der Waals surface area contributed by atoms with Gasteiger partial charge < -0.3 is 10.2 Å². The van der Waals surface area contributed by atoms with Gasteiger partial charge in [0.1, 0.15) is 0 Å². The fourth-order valence-electron chi connectivity index (χ4n) is 4.41. The number of hydrogen-bond donors (Lipinski definition) is 1. The summed E-state index contributed by atoms with van der Waals surface area (Å²) in [5.41, 5.74) is 2.76. The van der Waals surface area contributed by atoms with E-state index in [0.29, 0.717) is 12.1 Å². The lowest BCUT2D eigenvalue weighted by molar-refractivity contribution is 0.209. The Morgan fingerprint density at radius 2 is 1.78 bits per heavy atom. The summed E-state index contributed by atoms with van der Waals surface area (Å²) in [4.78, 5) is 5.20. The molecule has 27 heavy (non-hydrogen) atoms. The van der Waals surface area contributed by atoms with E-state index in [9.17, 15) is 0 Å². The predicted octanol–water partition coefficient (Wildman–Crippen LogP) is 2.91. The Balaban J connectivity index is 1.05. The number of benzene rings is 1. The van der Waals surface area contributed by atoms with Gasteiger partial charge in [0.25, 0.3) is 0 Å². The van der Waals surface area contributed by atoms with Crippen molar-refractivity contribution in [3.8, 4) is 0 Å². The fourth-order valence-corrected chi connectivity index (χ4v) is 4.41. The zero-order valence-corrected chi connectivity index (χ0v) is 16.1. The minimum atomic E-state index is 0.582. The molecule has 0 spiro atoms. The number of rotatable bonds is 7. The molecule has 1 aromatic heterocycles. The highest BCUT2D eigenvalue weighted by Crippen LogP contribution is 2.32. The van der Waals surface area contributed by atoms with Gasteiger partial charge in [-0.1, -0.05) is 12.1 Å². The summed E-state index contributed by atoms with van der Waals surface area (Å²) in [6.07, 6.45) is 9.23. The number of nitrogens with one attached hydrogen (secondary N) is 1. The molecule has 0 unspecified atom stereocenters. The van der Waals surface area contributed by atoms with E-state index in [1.54, 1.807) is 0 Å². The highest BCUT2D eigenvalue weighted by molar-refractivity contribution is 5.48. The molecule has 0 bridgehead atoms. The van der Waals surface area contributed by atoms with E-state index in [1.807, 2.05) is 12.3 Å². The Labute approximate surface area is 162 Å². The lowest BCUT2D eigenvalue weighted by Gasteiger charge is -2.36. The topological polar surface area (TPSA) is 36.3 Å². The average Bonchev–Trinajstić information content (AvgIpc) is 3.32. The number of hydrogen-bond acceptors (Lipinski definition) is 4. The monoisotopic (exact) mass is 365 g/mol. The van der Waals surface area contributed by atoms with Crippen molar-refractivity contribution >= 4 is 5.69 Å². The highest BCUT2D eigenvalue weighted by atomic mass is 15.3. The van der Waals surface area contributed by atoms with Gasteiger partial charge in [0.2, 0.25) is 0 Å². The first-order chi connectivity index (χ1) is 13.3. The summed E-state index contributed by atoms with van der Waals surface area (Å²) in [5.74, 6) is 1.01. The highest BCUT2D eigenvalue weighted by Gasteiger charge is 2.30. The van der Waals surface area contributed by atoms with Gasteiger partial charge in [-0.05, 0) is 55.4 Å². The second kappa shape index (κ2) is 7.64. The molecular formula is C22H31N5. The molecule has 3 fully saturated rings. The number of aromatic nitrogens is 2. The molecule has 1 N–H and O–H groups in total. The third-order valence-electron chi connectivity index (χ3n) is 6.49. The van der Waals surface area contributed by atoms with E-state index in [1.165, 1.54) is 69.7 Å². The Morgan fingerprint density at radius 1 is 1.00 bits per heavy atom. The lowest BCUT2D eigenvalue weighted by atomic mass is 9.87. The summed E-state index contributed by atoms with van der Waals surface area (Å²) in [6, 6.07) is 12.4. The van der Waals surface area contributed by atoms with Crippen molar-refractivity contribution < 1.29 is 0 Å². The second-order valence-corrected chi connectivity index (χ2v) is 8.59. The number of anilines is 1. The first-order valence-electron chi connectivity index (χ1n) is 10.6. The maximum atomic E-state index is 4.35. The van der Waals surface area contributed by atoms with Gasteiger partial charge in [-0.25, -0.2) is 0 Å². The summed E-state index contributed by atoms with van der Waals surface area (Å²) in [7, 11) is 0. The summed E-state index contributed by atoms with van der Waals surface area (Å²) in [6.45, 7) is 7.08. The Hall–Kier alpha value is -1.85. The molecule has 5 nitrogen and oxygen atoms in total. The van der Waals surface area contributed by atoms with Crippen LogP contribution in [-0.4, -0.2) is 53.4 Å². The Kier molecular flexibility index (Phi) is 4.89. The van der Waals surface area contributed by atoms with E-state index >= 15 is 0 Å². The van der Waals surface area contributed by atoms with Gasteiger partial charge in [0.15, 0.2) is 0 Å². The van der Waals surface area contributed by atoms with Crippen molar-refractivity contribution in [1.82, 2.24) is 20.0 Å². The Bertz CT molecular complexity index is 708. The average molecular weight is 366 g/mol. The number of nitrogens with zero attached hydrogens (tertiary/aromatic N) is 4. The van der Waals surface area contributed by atoms with Gasteiger partial charge in [-0.15, -0.1) is 0 Å².